The second-order valence-electron chi connectivity index (χ2n) is 5.05. The SMILES string of the molecule is CCC(C)NCC(=O)N(C)CCN1CCCC1. The Morgan fingerprint density at radius 3 is 2.65 bits per heavy atom. The highest BCUT2D eigenvalue weighted by molar-refractivity contribution is 5.77. The molecule has 1 N–H and O–H groups in total. The van der Waals surface area contributed by atoms with E-state index in [1.165, 1.54) is 25.9 Å². The summed E-state index contributed by atoms with van der Waals surface area (Å²) in [5, 5.41) is 3.24. The van der Waals surface area contributed by atoms with Crippen LogP contribution in [0.5, 0.6) is 0 Å². The Balaban J connectivity index is 2.12. The van der Waals surface area contributed by atoms with Gasteiger partial charge in [-0.25, -0.2) is 0 Å². The number of amides is 1. The molecule has 0 saturated carbocycles. The quantitative estimate of drug-likeness (QED) is 0.720. The predicted octanol–water partition coefficient (Wildman–Crippen LogP) is 0.929. The highest BCUT2D eigenvalue weighted by atomic mass is 16.2. The first-order valence-corrected chi connectivity index (χ1v) is 6.83. The van der Waals surface area contributed by atoms with E-state index in [0.717, 1.165) is 19.5 Å². The number of nitrogens with zero attached hydrogens (tertiary/aromatic N) is 2. The maximum Gasteiger partial charge on any atom is 0.236 e. The molecule has 1 unspecified atom stereocenters. The molecular weight excluding hydrogens is 214 g/mol. The van der Waals surface area contributed by atoms with E-state index in [1.54, 1.807) is 0 Å². The van der Waals surface area contributed by atoms with Gasteiger partial charge in [0.15, 0.2) is 0 Å². The smallest absolute Gasteiger partial charge is 0.236 e. The van der Waals surface area contributed by atoms with E-state index in [-0.39, 0.29) is 5.91 Å². The predicted molar refractivity (Wildman–Crippen MR) is 71.1 cm³/mol. The van der Waals surface area contributed by atoms with Crippen molar-refractivity contribution < 1.29 is 4.79 Å². The average Bonchev–Trinajstić information content (AvgIpc) is 2.85. The van der Waals surface area contributed by atoms with E-state index in [9.17, 15) is 4.79 Å². The van der Waals surface area contributed by atoms with E-state index in [0.29, 0.717) is 12.6 Å². The minimum atomic E-state index is 0.199. The number of nitrogens with one attached hydrogen (secondary N) is 1. The Morgan fingerprint density at radius 2 is 2.06 bits per heavy atom. The molecule has 1 atom stereocenters. The molecule has 1 rings (SSSR count). The van der Waals surface area contributed by atoms with Gasteiger partial charge in [-0.15, -0.1) is 0 Å². The molecule has 17 heavy (non-hydrogen) atoms. The second-order valence-corrected chi connectivity index (χ2v) is 5.05. The number of carbonyl (C=O) groups is 1. The van der Waals surface area contributed by atoms with Crippen molar-refractivity contribution in [3.63, 3.8) is 0 Å². The van der Waals surface area contributed by atoms with Crippen molar-refractivity contribution >= 4 is 5.91 Å². The van der Waals surface area contributed by atoms with Crippen molar-refractivity contribution in [1.29, 1.82) is 0 Å². The minimum absolute atomic E-state index is 0.199. The molecule has 1 aliphatic heterocycles. The largest absolute Gasteiger partial charge is 0.343 e. The summed E-state index contributed by atoms with van der Waals surface area (Å²) in [6.45, 7) is 8.97. The highest BCUT2D eigenvalue weighted by Crippen LogP contribution is 2.06. The monoisotopic (exact) mass is 241 g/mol. The Morgan fingerprint density at radius 1 is 1.41 bits per heavy atom. The first-order valence-electron chi connectivity index (χ1n) is 6.83. The van der Waals surface area contributed by atoms with Crippen LogP contribution in [0.2, 0.25) is 0 Å². The molecule has 0 spiro atoms. The average molecular weight is 241 g/mol. The van der Waals surface area contributed by atoms with Gasteiger partial charge in [0.1, 0.15) is 0 Å². The molecule has 1 amide bonds. The Labute approximate surface area is 105 Å². The molecule has 0 aromatic carbocycles. The summed E-state index contributed by atoms with van der Waals surface area (Å²) in [7, 11) is 1.90. The molecule has 0 aromatic rings. The first kappa shape index (κ1) is 14.5. The fraction of sp³-hybridized carbons (Fsp3) is 0.923. The summed E-state index contributed by atoms with van der Waals surface area (Å²) < 4.78 is 0. The van der Waals surface area contributed by atoms with Crippen LogP contribution in [-0.4, -0.2) is 61.5 Å². The van der Waals surface area contributed by atoms with Gasteiger partial charge < -0.3 is 15.1 Å². The second kappa shape index (κ2) is 7.67. The molecule has 1 heterocycles. The van der Waals surface area contributed by atoms with Gasteiger partial charge in [0.05, 0.1) is 6.54 Å². The van der Waals surface area contributed by atoms with Gasteiger partial charge in [0.25, 0.3) is 0 Å². The molecule has 4 heteroatoms. The molecule has 1 saturated heterocycles. The minimum Gasteiger partial charge on any atom is -0.343 e. The lowest BCUT2D eigenvalue weighted by molar-refractivity contribution is -0.129. The number of hydrogen-bond acceptors (Lipinski definition) is 3. The van der Waals surface area contributed by atoms with Gasteiger partial charge in [-0.1, -0.05) is 6.92 Å². The summed E-state index contributed by atoms with van der Waals surface area (Å²) in [5.74, 6) is 0.199. The zero-order chi connectivity index (χ0) is 12.7. The van der Waals surface area contributed by atoms with Crippen molar-refractivity contribution in [2.24, 2.45) is 0 Å². The number of likely N-dealkylation sites (N-methyl/N-ethyl adjacent to an activating group) is 1. The van der Waals surface area contributed by atoms with Crippen LogP contribution in [0.4, 0.5) is 0 Å². The molecule has 0 radical (unpaired) electrons. The van der Waals surface area contributed by atoms with Crippen LogP contribution in [0.1, 0.15) is 33.1 Å². The molecule has 0 aromatic heterocycles. The normalized spacial score (nSPS) is 18.3. The third-order valence-corrected chi connectivity index (χ3v) is 3.59. The molecule has 1 fully saturated rings. The van der Waals surface area contributed by atoms with Crippen LogP contribution < -0.4 is 5.32 Å². The molecule has 0 bridgehead atoms. The van der Waals surface area contributed by atoms with Gasteiger partial charge in [0, 0.05) is 26.2 Å². The summed E-state index contributed by atoms with van der Waals surface area (Å²) in [5.41, 5.74) is 0. The van der Waals surface area contributed by atoms with E-state index in [2.05, 4.69) is 24.1 Å². The fourth-order valence-electron chi connectivity index (χ4n) is 1.96. The van der Waals surface area contributed by atoms with Crippen molar-refractivity contribution in [1.82, 2.24) is 15.1 Å². The van der Waals surface area contributed by atoms with Crippen LogP contribution in [0.25, 0.3) is 0 Å². The third kappa shape index (κ3) is 5.50. The number of rotatable bonds is 7. The van der Waals surface area contributed by atoms with Gasteiger partial charge >= 0.3 is 0 Å². The molecular formula is C13H27N3O. The van der Waals surface area contributed by atoms with E-state index < -0.39 is 0 Å². The number of hydrogen-bond donors (Lipinski definition) is 1. The van der Waals surface area contributed by atoms with Crippen molar-refractivity contribution in [2.75, 3.05) is 39.8 Å². The lowest BCUT2D eigenvalue weighted by Gasteiger charge is -2.22. The Hall–Kier alpha value is -0.610. The Kier molecular flexibility index (Phi) is 6.52. The highest BCUT2D eigenvalue weighted by Gasteiger charge is 2.14. The van der Waals surface area contributed by atoms with Gasteiger partial charge in [-0.05, 0) is 39.3 Å². The maximum atomic E-state index is 11.8. The molecule has 100 valence electrons. The van der Waals surface area contributed by atoms with Crippen molar-refractivity contribution in [3.8, 4) is 0 Å². The van der Waals surface area contributed by atoms with E-state index in [1.807, 2.05) is 11.9 Å². The zero-order valence-electron chi connectivity index (χ0n) is 11.5. The van der Waals surface area contributed by atoms with Crippen molar-refractivity contribution in [2.45, 2.75) is 39.2 Å². The number of carbonyl (C=O) groups excluding carboxylic acids is 1. The molecule has 1 aliphatic rings. The summed E-state index contributed by atoms with van der Waals surface area (Å²) >= 11 is 0. The van der Waals surface area contributed by atoms with Crippen LogP contribution in [0.3, 0.4) is 0 Å². The van der Waals surface area contributed by atoms with Crippen LogP contribution in [-0.2, 0) is 4.79 Å². The lowest BCUT2D eigenvalue weighted by atomic mass is 10.2. The fourth-order valence-corrected chi connectivity index (χ4v) is 1.96. The summed E-state index contributed by atoms with van der Waals surface area (Å²) in [6, 6.07) is 0.422. The standard InChI is InChI=1S/C13H27N3O/c1-4-12(2)14-11-13(17)15(3)9-10-16-7-5-6-8-16/h12,14H,4-11H2,1-3H3. The maximum absolute atomic E-state index is 11.8. The zero-order valence-corrected chi connectivity index (χ0v) is 11.5. The van der Waals surface area contributed by atoms with Gasteiger partial charge in [-0.3, -0.25) is 4.79 Å². The van der Waals surface area contributed by atoms with Crippen LogP contribution >= 0.6 is 0 Å². The van der Waals surface area contributed by atoms with Crippen molar-refractivity contribution in [3.05, 3.63) is 0 Å². The lowest BCUT2D eigenvalue weighted by Crippen LogP contribution is -2.41. The third-order valence-electron chi connectivity index (χ3n) is 3.59. The van der Waals surface area contributed by atoms with Gasteiger partial charge in [0.2, 0.25) is 5.91 Å². The topological polar surface area (TPSA) is 35.6 Å². The van der Waals surface area contributed by atoms with Crippen LogP contribution in [0.15, 0.2) is 0 Å². The van der Waals surface area contributed by atoms with E-state index >= 15 is 0 Å². The number of likely N-dealkylation sites (tertiary alicyclic amines) is 1. The molecule has 0 aliphatic carbocycles. The van der Waals surface area contributed by atoms with Crippen LogP contribution in [0, 0.1) is 0 Å². The summed E-state index contributed by atoms with van der Waals surface area (Å²) in [4.78, 5) is 16.1. The first-order chi connectivity index (χ1) is 8.13. The van der Waals surface area contributed by atoms with Gasteiger partial charge in [-0.2, -0.15) is 0 Å². The summed E-state index contributed by atoms with van der Waals surface area (Å²) in [6.07, 6.45) is 3.69. The molecule has 4 nitrogen and oxygen atoms in total. The van der Waals surface area contributed by atoms with E-state index in [4.69, 9.17) is 0 Å². The Bertz CT molecular complexity index is 227.